The monoisotopic (exact) mass is 221 g/mol. The Balaban J connectivity index is 1.79. The number of aromatic nitrogens is 2. The van der Waals surface area contributed by atoms with Crippen molar-refractivity contribution in [2.75, 3.05) is 19.7 Å². The highest BCUT2D eigenvalue weighted by Crippen LogP contribution is 2.30. The Labute approximate surface area is 96.2 Å². The van der Waals surface area contributed by atoms with Gasteiger partial charge in [0.25, 0.3) is 0 Å². The predicted molar refractivity (Wildman–Crippen MR) is 61.8 cm³/mol. The van der Waals surface area contributed by atoms with E-state index in [9.17, 15) is 0 Å². The predicted octanol–water partition coefficient (Wildman–Crippen LogP) is 1.47. The number of nitrogens with zero attached hydrogens (tertiary/aromatic N) is 3. The van der Waals surface area contributed by atoms with Crippen molar-refractivity contribution in [3.8, 4) is 5.88 Å². The van der Waals surface area contributed by atoms with Gasteiger partial charge in [-0.3, -0.25) is 4.90 Å². The van der Waals surface area contributed by atoms with Gasteiger partial charge in [-0.1, -0.05) is 13.8 Å². The minimum Gasteiger partial charge on any atom is -0.476 e. The second kappa shape index (κ2) is 3.77. The molecule has 3 rings (SSSR count). The van der Waals surface area contributed by atoms with Crippen molar-refractivity contribution in [2.24, 2.45) is 0 Å². The fourth-order valence-corrected chi connectivity index (χ4v) is 2.43. The third-order valence-corrected chi connectivity index (χ3v) is 3.64. The largest absolute Gasteiger partial charge is 0.476 e. The molecule has 1 atom stereocenters. The maximum absolute atomic E-state index is 5.88. The average Bonchev–Trinajstić information content (AvgIpc) is 2.57. The molecule has 1 fully saturated rings. The summed E-state index contributed by atoms with van der Waals surface area (Å²) in [5, 5.41) is 4.43. The zero-order valence-corrected chi connectivity index (χ0v) is 10.0. The van der Waals surface area contributed by atoms with Gasteiger partial charge in [-0.25, -0.2) is 4.68 Å². The van der Waals surface area contributed by atoms with Crippen molar-refractivity contribution in [1.82, 2.24) is 14.7 Å². The lowest BCUT2D eigenvalue weighted by atomic mass is 10.1. The highest BCUT2D eigenvalue weighted by atomic mass is 16.5. The molecule has 0 spiro atoms. The number of rotatable bonds is 2. The molecule has 0 aromatic carbocycles. The molecule has 88 valence electrons. The Bertz CT molecular complexity index is 382. The summed E-state index contributed by atoms with van der Waals surface area (Å²) in [6.07, 6.45) is 3.29. The normalized spacial score (nSPS) is 25.1. The number of fused-ring (bicyclic) bond motifs is 1. The Kier molecular flexibility index (Phi) is 2.39. The number of ether oxygens (including phenoxy) is 1. The Hall–Kier alpha value is -1.03. The van der Waals surface area contributed by atoms with Gasteiger partial charge in [-0.05, 0) is 25.4 Å². The number of likely N-dealkylation sites (tertiary alicyclic amines) is 1. The van der Waals surface area contributed by atoms with Gasteiger partial charge in [0, 0.05) is 5.56 Å². The lowest BCUT2D eigenvalue weighted by Crippen LogP contribution is -2.51. The van der Waals surface area contributed by atoms with Gasteiger partial charge in [0.05, 0.1) is 18.8 Å². The first-order valence-electron chi connectivity index (χ1n) is 6.18. The van der Waals surface area contributed by atoms with Gasteiger partial charge >= 0.3 is 0 Å². The van der Waals surface area contributed by atoms with Crippen molar-refractivity contribution in [1.29, 1.82) is 0 Å². The summed E-state index contributed by atoms with van der Waals surface area (Å²) < 4.78 is 7.91. The molecule has 4 nitrogen and oxygen atoms in total. The minimum absolute atomic E-state index is 0.490. The molecule has 2 aliphatic rings. The van der Waals surface area contributed by atoms with Crippen molar-refractivity contribution in [3.05, 3.63) is 11.8 Å². The van der Waals surface area contributed by atoms with E-state index in [0.29, 0.717) is 12.0 Å². The molecule has 2 aliphatic heterocycles. The maximum Gasteiger partial charge on any atom is 0.215 e. The third kappa shape index (κ3) is 1.52. The SMILES string of the molecule is CC(C)c1cnn2c1OCC(N1CCC1)C2. The van der Waals surface area contributed by atoms with Crippen LogP contribution in [-0.2, 0) is 6.54 Å². The summed E-state index contributed by atoms with van der Waals surface area (Å²) in [6.45, 7) is 8.63. The Morgan fingerprint density at radius 1 is 1.44 bits per heavy atom. The summed E-state index contributed by atoms with van der Waals surface area (Å²) in [7, 11) is 0. The van der Waals surface area contributed by atoms with Crippen LogP contribution in [-0.4, -0.2) is 40.4 Å². The van der Waals surface area contributed by atoms with Crippen molar-refractivity contribution in [2.45, 2.75) is 38.8 Å². The molecule has 0 saturated carbocycles. The smallest absolute Gasteiger partial charge is 0.215 e. The van der Waals surface area contributed by atoms with Crippen LogP contribution in [0.3, 0.4) is 0 Å². The van der Waals surface area contributed by atoms with Crippen LogP contribution in [0.2, 0.25) is 0 Å². The van der Waals surface area contributed by atoms with E-state index >= 15 is 0 Å². The molecule has 0 amide bonds. The molecule has 3 heterocycles. The Morgan fingerprint density at radius 3 is 2.88 bits per heavy atom. The molecule has 1 aromatic heterocycles. The highest BCUT2D eigenvalue weighted by Gasteiger charge is 2.30. The van der Waals surface area contributed by atoms with Crippen LogP contribution < -0.4 is 4.74 Å². The van der Waals surface area contributed by atoms with Crippen LogP contribution in [0, 0.1) is 0 Å². The van der Waals surface area contributed by atoms with Crippen molar-refractivity contribution in [3.63, 3.8) is 0 Å². The summed E-state index contributed by atoms with van der Waals surface area (Å²) in [4.78, 5) is 2.49. The summed E-state index contributed by atoms with van der Waals surface area (Å²) in [6, 6.07) is 0.529. The number of hydrogen-bond donors (Lipinski definition) is 0. The van der Waals surface area contributed by atoms with Crippen LogP contribution >= 0.6 is 0 Å². The summed E-state index contributed by atoms with van der Waals surface area (Å²) in [5.41, 5.74) is 1.24. The van der Waals surface area contributed by atoms with Crippen LogP contribution in [0.4, 0.5) is 0 Å². The zero-order valence-electron chi connectivity index (χ0n) is 10.0. The Morgan fingerprint density at radius 2 is 2.25 bits per heavy atom. The average molecular weight is 221 g/mol. The lowest BCUT2D eigenvalue weighted by Gasteiger charge is -2.40. The van der Waals surface area contributed by atoms with Gasteiger partial charge in [0.1, 0.15) is 6.61 Å². The molecule has 0 radical (unpaired) electrons. The van der Waals surface area contributed by atoms with Crippen LogP contribution in [0.1, 0.15) is 31.7 Å². The van der Waals surface area contributed by atoms with Gasteiger partial charge in [0.2, 0.25) is 5.88 Å². The van der Waals surface area contributed by atoms with Gasteiger partial charge in [-0.2, -0.15) is 5.10 Å². The molecular formula is C12H19N3O. The van der Waals surface area contributed by atoms with Gasteiger partial charge in [0.15, 0.2) is 0 Å². The molecule has 0 N–H and O–H groups in total. The first-order chi connectivity index (χ1) is 7.75. The molecule has 0 aliphatic carbocycles. The standard InChI is InChI=1S/C12H19N3O/c1-9(2)11-6-13-15-7-10(8-16-12(11)15)14-4-3-5-14/h6,9-10H,3-5,7-8H2,1-2H3. The highest BCUT2D eigenvalue weighted by molar-refractivity contribution is 5.28. The second-order valence-corrected chi connectivity index (χ2v) is 5.10. The fourth-order valence-electron chi connectivity index (χ4n) is 2.43. The van der Waals surface area contributed by atoms with Gasteiger partial charge < -0.3 is 4.74 Å². The van der Waals surface area contributed by atoms with Crippen molar-refractivity contribution < 1.29 is 4.74 Å². The van der Waals surface area contributed by atoms with Crippen LogP contribution in [0.25, 0.3) is 0 Å². The molecule has 1 saturated heterocycles. The second-order valence-electron chi connectivity index (χ2n) is 5.10. The van der Waals surface area contributed by atoms with E-state index in [2.05, 4.69) is 23.8 Å². The van der Waals surface area contributed by atoms with E-state index < -0.39 is 0 Å². The van der Waals surface area contributed by atoms with E-state index in [1.807, 2.05) is 10.9 Å². The molecule has 16 heavy (non-hydrogen) atoms. The van der Waals surface area contributed by atoms with E-state index in [0.717, 1.165) is 19.0 Å². The molecule has 4 heteroatoms. The van der Waals surface area contributed by atoms with Gasteiger partial charge in [-0.15, -0.1) is 0 Å². The lowest BCUT2D eigenvalue weighted by molar-refractivity contribution is 0.0426. The summed E-state index contributed by atoms with van der Waals surface area (Å²) >= 11 is 0. The molecular weight excluding hydrogens is 202 g/mol. The quantitative estimate of drug-likeness (QED) is 0.757. The van der Waals surface area contributed by atoms with Crippen LogP contribution in [0.5, 0.6) is 5.88 Å². The number of hydrogen-bond acceptors (Lipinski definition) is 3. The minimum atomic E-state index is 0.490. The van der Waals surface area contributed by atoms with Crippen LogP contribution in [0.15, 0.2) is 6.20 Å². The van der Waals surface area contributed by atoms with E-state index in [1.165, 1.54) is 25.1 Å². The maximum atomic E-state index is 5.88. The van der Waals surface area contributed by atoms with Crippen molar-refractivity contribution >= 4 is 0 Å². The summed E-state index contributed by atoms with van der Waals surface area (Å²) in [5.74, 6) is 1.48. The molecule has 0 bridgehead atoms. The van der Waals surface area contributed by atoms with E-state index in [-0.39, 0.29) is 0 Å². The first-order valence-corrected chi connectivity index (χ1v) is 6.18. The van der Waals surface area contributed by atoms with E-state index in [1.54, 1.807) is 0 Å². The van der Waals surface area contributed by atoms with E-state index in [4.69, 9.17) is 4.74 Å². The molecule has 1 unspecified atom stereocenters. The topological polar surface area (TPSA) is 30.3 Å². The third-order valence-electron chi connectivity index (χ3n) is 3.64. The fraction of sp³-hybridized carbons (Fsp3) is 0.750. The molecule has 1 aromatic rings. The first kappa shape index (κ1) is 10.1. The zero-order chi connectivity index (χ0) is 11.1.